The molecule has 1 N–H and O–H groups in total. The molecule has 4 nitrogen and oxygen atoms in total. The minimum atomic E-state index is -0.109. The summed E-state index contributed by atoms with van der Waals surface area (Å²) in [6.45, 7) is 2.38. The minimum absolute atomic E-state index is 0.0218. The summed E-state index contributed by atoms with van der Waals surface area (Å²) < 4.78 is 0. The normalized spacial score (nSPS) is 28.7. The number of imide groups is 1. The first-order valence-corrected chi connectivity index (χ1v) is 7.78. The Morgan fingerprint density at radius 1 is 1.24 bits per heavy atom. The van der Waals surface area contributed by atoms with Crippen LogP contribution in [-0.4, -0.2) is 23.4 Å². The third-order valence-electron chi connectivity index (χ3n) is 4.54. The molecule has 0 bridgehead atoms. The smallest absolute Gasteiger partial charge is 0.234 e. The molecular weight excluding hydrogens is 288 g/mol. The van der Waals surface area contributed by atoms with Gasteiger partial charge >= 0.3 is 0 Å². The molecule has 112 valence electrons. The van der Waals surface area contributed by atoms with Crippen molar-refractivity contribution in [2.24, 2.45) is 17.8 Å². The third-order valence-corrected chi connectivity index (χ3v) is 4.78. The predicted octanol–water partition coefficient (Wildman–Crippen LogP) is 3.13. The van der Waals surface area contributed by atoms with E-state index in [0.29, 0.717) is 10.9 Å². The second-order valence-electron chi connectivity index (χ2n) is 6.08. The molecule has 1 aromatic carbocycles. The van der Waals surface area contributed by atoms with Crippen molar-refractivity contribution in [2.75, 3.05) is 12.0 Å². The highest BCUT2D eigenvalue weighted by Gasteiger charge is 2.49. The Morgan fingerprint density at radius 3 is 2.76 bits per heavy atom. The van der Waals surface area contributed by atoms with Gasteiger partial charge in [-0.2, -0.15) is 0 Å². The number of likely N-dealkylation sites (tertiary alicyclic amines) is 1. The Bertz CT molecular complexity index is 575. The zero-order valence-corrected chi connectivity index (χ0v) is 12.8. The number of nitrogens with one attached hydrogen (secondary N) is 1. The van der Waals surface area contributed by atoms with Crippen LogP contribution in [0.4, 0.5) is 5.69 Å². The summed E-state index contributed by atoms with van der Waals surface area (Å²) in [7, 11) is 0. The van der Waals surface area contributed by atoms with Crippen LogP contribution in [0.15, 0.2) is 24.3 Å². The lowest BCUT2D eigenvalue weighted by Gasteiger charge is -2.25. The van der Waals surface area contributed by atoms with Crippen molar-refractivity contribution >= 4 is 29.1 Å². The van der Waals surface area contributed by atoms with E-state index in [4.69, 9.17) is 11.6 Å². The van der Waals surface area contributed by atoms with Crippen LogP contribution < -0.4 is 5.32 Å². The fraction of sp³-hybridized carbons (Fsp3) is 0.500. The summed E-state index contributed by atoms with van der Waals surface area (Å²) >= 11 is 5.93. The minimum Gasteiger partial charge on any atom is -0.367 e. The first-order chi connectivity index (χ1) is 10.1. The number of hydrogen-bond acceptors (Lipinski definition) is 3. The molecule has 0 radical (unpaired) electrons. The van der Waals surface area contributed by atoms with Gasteiger partial charge in [0.2, 0.25) is 11.8 Å². The summed E-state index contributed by atoms with van der Waals surface area (Å²) in [5.41, 5.74) is 0.811. The van der Waals surface area contributed by atoms with Crippen molar-refractivity contribution in [3.63, 3.8) is 0 Å². The van der Waals surface area contributed by atoms with Gasteiger partial charge in [-0.3, -0.25) is 14.5 Å². The molecule has 21 heavy (non-hydrogen) atoms. The molecule has 1 aliphatic carbocycles. The molecule has 1 saturated heterocycles. The fourth-order valence-corrected chi connectivity index (χ4v) is 3.57. The summed E-state index contributed by atoms with van der Waals surface area (Å²) in [6.07, 6.45) is 2.71. The third kappa shape index (κ3) is 2.77. The SMILES string of the molecule is C[C@@H]1CC[C@@H]2C(=O)N(CNc3cccc(Cl)c3)C(=O)[C@@H]2C1. The van der Waals surface area contributed by atoms with Gasteiger partial charge in [-0.05, 0) is 43.4 Å². The van der Waals surface area contributed by atoms with E-state index in [9.17, 15) is 9.59 Å². The number of halogens is 1. The Morgan fingerprint density at radius 2 is 2.00 bits per heavy atom. The highest BCUT2D eigenvalue weighted by Crippen LogP contribution is 2.40. The Balaban J connectivity index is 1.68. The van der Waals surface area contributed by atoms with E-state index in [0.717, 1.165) is 24.9 Å². The van der Waals surface area contributed by atoms with Crippen LogP contribution in [0, 0.1) is 17.8 Å². The lowest BCUT2D eigenvalue weighted by molar-refractivity contribution is -0.139. The second-order valence-corrected chi connectivity index (χ2v) is 6.52. The first-order valence-electron chi connectivity index (χ1n) is 7.41. The first kappa shape index (κ1) is 14.4. The van der Waals surface area contributed by atoms with Gasteiger partial charge in [0.25, 0.3) is 0 Å². The number of carbonyl (C=O) groups is 2. The second kappa shape index (κ2) is 5.68. The molecular formula is C16H19ClN2O2. The average molecular weight is 307 g/mol. The van der Waals surface area contributed by atoms with Crippen LogP contribution in [0.25, 0.3) is 0 Å². The van der Waals surface area contributed by atoms with Gasteiger partial charge in [-0.1, -0.05) is 24.6 Å². The number of carbonyl (C=O) groups excluding carboxylic acids is 2. The molecule has 1 aliphatic heterocycles. The van der Waals surface area contributed by atoms with Crippen molar-refractivity contribution in [3.05, 3.63) is 29.3 Å². The molecule has 2 aliphatic rings. The standard InChI is InChI=1S/C16H19ClN2O2/c1-10-5-6-13-14(7-10)16(21)19(15(13)20)9-18-12-4-2-3-11(17)8-12/h2-4,8,10,13-14,18H,5-7,9H2,1H3/t10-,13+,14-/m1/s1. The van der Waals surface area contributed by atoms with Crippen molar-refractivity contribution < 1.29 is 9.59 Å². The topological polar surface area (TPSA) is 49.4 Å². The van der Waals surface area contributed by atoms with Crippen LogP contribution in [0.5, 0.6) is 0 Å². The molecule has 3 atom stereocenters. The number of benzene rings is 1. The molecule has 0 spiro atoms. The van der Waals surface area contributed by atoms with E-state index >= 15 is 0 Å². The largest absolute Gasteiger partial charge is 0.367 e. The van der Waals surface area contributed by atoms with Crippen LogP contribution >= 0.6 is 11.6 Å². The molecule has 5 heteroatoms. The highest BCUT2D eigenvalue weighted by atomic mass is 35.5. The van der Waals surface area contributed by atoms with Crippen LogP contribution in [0.1, 0.15) is 26.2 Å². The Labute approximate surface area is 129 Å². The number of anilines is 1. The number of amides is 2. The van der Waals surface area contributed by atoms with Gasteiger partial charge in [0, 0.05) is 10.7 Å². The van der Waals surface area contributed by atoms with Crippen molar-refractivity contribution in [3.8, 4) is 0 Å². The zero-order chi connectivity index (χ0) is 15.0. The lowest BCUT2D eigenvalue weighted by Crippen LogP contribution is -2.35. The monoisotopic (exact) mass is 306 g/mol. The molecule has 0 unspecified atom stereocenters. The van der Waals surface area contributed by atoms with Gasteiger partial charge in [-0.15, -0.1) is 0 Å². The van der Waals surface area contributed by atoms with Crippen LogP contribution in [0.3, 0.4) is 0 Å². The van der Waals surface area contributed by atoms with Gasteiger partial charge in [0.05, 0.1) is 18.5 Å². The summed E-state index contributed by atoms with van der Waals surface area (Å²) in [5.74, 6) is 0.276. The molecule has 2 fully saturated rings. The Hall–Kier alpha value is -1.55. The molecule has 1 aromatic rings. The van der Waals surface area contributed by atoms with E-state index in [1.165, 1.54) is 4.90 Å². The van der Waals surface area contributed by atoms with E-state index in [1.54, 1.807) is 12.1 Å². The van der Waals surface area contributed by atoms with Crippen LogP contribution in [0.2, 0.25) is 5.02 Å². The zero-order valence-electron chi connectivity index (χ0n) is 12.0. The van der Waals surface area contributed by atoms with Gasteiger partial charge in [0.15, 0.2) is 0 Å². The van der Waals surface area contributed by atoms with E-state index < -0.39 is 0 Å². The maximum Gasteiger partial charge on any atom is 0.234 e. The fourth-order valence-electron chi connectivity index (χ4n) is 3.38. The maximum atomic E-state index is 12.4. The van der Waals surface area contributed by atoms with Crippen LogP contribution in [-0.2, 0) is 9.59 Å². The van der Waals surface area contributed by atoms with Crippen molar-refractivity contribution in [2.45, 2.75) is 26.2 Å². The number of rotatable bonds is 3. The molecule has 1 heterocycles. The van der Waals surface area contributed by atoms with Gasteiger partial charge in [0.1, 0.15) is 0 Å². The van der Waals surface area contributed by atoms with Gasteiger partial charge in [-0.25, -0.2) is 0 Å². The van der Waals surface area contributed by atoms with Gasteiger partial charge < -0.3 is 5.32 Å². The summed E-state index contributed by atoms with van der Waals surface area (Å²) in [5, 5.41) is 3.74. The molecule has 3 rings (SSSR count). The number of hydrogen-bond donors (Lipinski definition) is 1. The quantitative estimate of drug-likeness (QED) is 0.873. The number of fused-ring (bicyclic) bond motifs is 1. The maximum absolute atomic E-state index is 12.4. The summed E-state index contributed by atoms with van der Waals surface area (Å²) in [6, 6.07) is 7.27. The van der Waals surface area contributed by atoms with E-state index in [2.05, 4.69) is 12.2 Å². The molecule has 1 saturated carbocycles. The predicted molar refractivity (Wildman–Crippen MR) is 81.8 cm³/mol. The highest BCUT2D eigenvalue weighted by molar-refractivity contribution is 6.30. The van der Waals surface area contributed by atoms with Crippen molar-refractivity contribution in [1.29, 1.82) is 0 Å². The molecule has 2 amide bonds. The summed E-state index contributed by atoms with van der Waals surface area (Å²) in [4.78, 5) is 26.2. The molecule has 0 aromatic heterocycles. The number of nitrogens with zero attached hydrogens (tertiary/aromatic N) is 1. The lowest BCUT2D eigenvalue weighted by atomic mass is 9.76. The van der Waals surface area contributed by atoms with E-state index in [1.807, 2.05) is 12.1 Å². The Kier molecular flexibility index (Phi) is 3.89. The van der Waals surface area contributed by atoms with E-state index in [-0.39, 0.29) is 30.3 Å². The van der Waals surface area contributed by atoms with Crippen molar-refractivity contribution in [1.82, 2.24) is 4.90 Å². The average Bonchev–Trinajstić information content (AvgIpc) is 2.69.